The van der Waals surface area contributed by atoms with Gasteiger partial charge in [0.05, 0.1) is 12.6 Å². The molecule has 1 aliphatic carbocycles. The van der Waals surface area contributed by atoms with Gasteiger partial charge in [0.25, 0.3) is 0 Å². The zero-order valence-corrected chi connectivity index (χ0v) is 22.4. The summed E-state index contributed by atoms with van der Waals surface area (Å²) in [5, 5.41) is 10.2. The number of halogens is 1. The molecule has 2 aliphatic rings. The number of carboxylic acid groups (broad SMARTS) is 1. The van der Waals surface area contributed by atoms with Gasteiger partial charge in [-0.1, -0.05) is 29.8 Å². The SMILES string of the molecule is O=C(O)c1ccc2nc(CC3CCC(Oc4cccc(Cc5ccc(Cl)cc5)n4)CC3)n(CC3CCO3)c2n1. The van der Waals surface area contributed by atoms with Crippen molar-refractivity contribution in [3.8, 4) is 5.88 Å². The third-order valence-electron chi connectivity index (χ3n) is 7.70. The quantitative estimate of drug-likeness (QED) is 0.286. The number of imidazole rings is 1. The van der Waals surface area contributed by atoms with Crippen LogP contribution in [0.3, 0.4) is 0 Å². The molecule has 1 atom stereocenters. The number of pyridine rings is 2. The van der Waals surface area contributed by atoms with Crippen molar-refractivity contribution in [1.29, 1.82) is 0 Å². The highest BCUT2D eigenvalue weighted by molar-refractivity contribution is 6.30. The molecule has 39 heavy (non-hydrogen) atoms. The van der Waals surface area contributed by atoms with Crippen LogP contribution >= 0.6 is 11.6 Å². The Hall–Kier alpha value is -3.49. The fourth-order valence-electron chi connectivity index (χ4n) is 5.46. The first-order valence-corrected chi connectivity index (χ1v) is 14.0. The largest absolute Gasteiger partial charge is 0.477 e. The number of hydrogen-bond donors (Lipinski definition) is 1. The number of carboxylic acids is 1. The zero-order chi connectivity index (χ0) is 26.8. The number of aromatic carboxylic acids is 1. The summed E-state index contributed by atoms with van der Waals surface area (Å²) in [4.78, 5) is 25.5. The summed E-state index contributed by atoms with van der Waals surface area (Å²) < 4.78 is 14.0. The normalized spacial score (nSPS) is 21.0. The number of fused-ring (bicyclic) bond motifs is 1. The average molecular weight is 547 g/mol. The second kappa shape index (κ2) is 11.3. The molecule has 1 aromatic carbocycles. The van der Waals surface area contributed by atoms with Crippen LogP contribution in [0.2, 0.25) is 5.02 Å². The van der Waals surface area contributed by atoms with E-state index >= 15 is 0 Å². The van der Waals surface area contributed by atoms with Crippen LogP contribution in [0.25, 0.3) is 11.2 Å². The van der Waals surface area contributed by atoms with Gasteiger partial charge >= 0.3 is 5.97 Å². The third kappa shape index (κ3) is 6.07. The molecule has 1 unspecified atom stereocenters. The molecule has 0 bridgehead atoms. The molecular weight excluding hydrogens is 516 g/mol. The fraction of sp³-hybridized carbons (Fsp3) is 0.400. The van der Waals surface area contributed by atoms with Crippen LogP contribution in [-0.4, -0.2) is 49.4 Å². The Labute approximate surface area is 232 Å². The van der Waals surface area contributed by atoms with Crippen molar-refractivity contribution >= 4 is 28.7 Å². The first-order valence-electron chi connectivity index (χ1n) is 13.6. The Morgan fingerprint density at radius 3 is 2.51 bits per heavy atom. The number of ether oxygens (including phenoxy) is 2. The number of aromatic nitrogens is 4. The highest BCUT2D eigenvalue weighted by atomic mass is 35.5. The van der Waals surface area contributed by atoms with E-state index in [0.717, 1.165) is 79.2 Å². The predicted molar refractivity (Wildman–Crippen MR) is 147 cm³/mol. The summed E-state index contributed by atoms with van der Waals surface area (Å²) in [6, 6.07) is 17.1. The van der Waals surface area contributed by atoms with E-state index in [-0.39, 0.29) is 17.9 Å². The van der Waals surface area contributed by atoms with Crippen LogP contribution in [0.1, 0.15) is 59.7 Å². The monoisotopic (exact) mass is 546 g/mol. The standard InChI is InChI=1S/C30H31ClN4O4/c31-21-8-4-19(5-9-21)16-22-2-1-3-28(32-22)39-23-10-6-20(7-11-23)17-27-33-25-12-13-26(30(36)37)34-29(25)35(27)18-24-14-15-38-24/h1-5,8-9,12-13,20,23-24H,6-7,10-11,14-18H2,(H,36,37). The molecule has 2 fully saturated rings. The van der Waals surface area contributed by atoms with Crippen molar-refractivity contribution in [2.45, 2.75) is 63.7 Å². The lowest BCUT2D eigenvalue weighted by atomic mass is 9.85. The Morgan fingerprint density at radius 1 is 1.00 bits per heavy atom. The van der Waals surface area contributed by atoms with E-state index in [1.165, 1.54) is 6.07 Å². The lowest BCUT2D eigenvalue weighted by Gasteiger charge is -2.30. The topological polar surface area (TPSA) is 99.4 Å². The first-order chi connectivity index (χ1) is 19.0. The van der Waals surface area contributed by atoms with Crippen LogP contribution in [-0.2, 0) is 24.1 Å². The van der Waals surface area contributed by atoms with Crippen molar-refractivity contribution in [2.24, 2.45) is 5.92 Å². The number of nitrogens with zero attached hydrogens (tertiary/aromatic N) is 4. The highest BCUT2D eigenvalue weighted by Crippen LogP contribution is 2.31. The number of benzene rings is 1. The number of rotatable bonds is 9. The van der Waals surface area contributed by atoms with E-state index in [4.69, 9.17) is 31.0 Å². The maximum Gasteiger partial charge on any atom is 0.354 e. The summed E-state index contributed by atoms with van der Waals surface area (Å²) in [5.74, 6) is 1.07. The minimum atomic E-state index is -1.03. The maximum absolute atomic E-state index is 11.5. The average Bonchev–Trinajstić information content (AvgIpc) is 3.25. The number of carbonyl (C=O) groups is 1. The summed E-state index contributed by atoms with van der Waals surface area (Å²) >= 11 is 6.01. The lowest BCUT2D eigenvalue weighted by Crippen LogP contribution is -2.32. The summed E-state index contributed by atoms with van der Waals surface area (Å²) in [7, 11) is 0. The van der Waals surface area contributed by atoms with Crippen LogP contribution in [0.15, 0.2) is 54.6 Å². The molecule has 0 amide bonds. The molecule has 0 radical (unpaired) electrons. The minimum absolute atomic E-state index is 0.0354. The van der Waals surface area contributed by atoms with Crippen LogP contribution in [0.4, 0.5) is 0 Å². The van der Waals surface area contributed by atoms with E-state index in [2.05, 4.69) is 9.55 Å². The summed E-state index contributed by atoms with van der Waals surface area (Å²) in [6.07, 6.45) is 6.81. The molecule has 1 aliphatic heterocycles. The second-order valence-electron chi connectivity index (χ2n) is 10.5. The molecule has 202 valence electrons. The molecule has 1 saturated heterocycles. The Balaban J connectivity index is 1.09. The van der Waals surface area contributed by atoms with Crippen LogP contribution in [0, 0.1) is 5.92 Å². The summed E-state index contributed by atoms with van der Waals surface area (Å²) in [6.45, 7) is 1.42. The minimum Gasteiger partial charge on any atom is -0.477 e. The fourth-order valence-corrected chi connectivity index (χ4v) is 5.59. The van der Waals surface area contributed by atoms with Gasteiger partial charge in [0.2, 0.25) is 5.88 Å². The third-order valence-corrected chi connectivity index (χ3v) is 7.95. The van der Waals surface area contributed by atoms with Gasteiger partial charge in [-0.3, -0.25) is 0 Å². The molecular formula is C30H31ClN4O4. The molecule has 9 heteroatoms. The van der Waals surface area contributed by atoms with Gasteiger partial charge in [0, 0.05) is 36.2 Å². The van der Waals surface area contributed by atoms with Gasteiger partial charge in [-0.05, 0) is 73.9 Å². The van der Waals surface area contributed by atoms with Gasteiger partial charge < -0.3 is 19.1 Å². The Kier molecular flexibility index (Phi) is 7.48. The lowest BCUT2D eigenvalue weighted by molar-refractivity contribution is -0.0591. The number of hydrogen-bond acceptors (Lipinski definition) is 6. The Morgan fingerprint density at radius 2 is 1.79 bits per heavy atom. The second-order valence-corrected chi connectivity index (χ2v) is 10.9. The van der Waals surface area contributed by atoms with Gasteiger partial charge in [-0.2, -0.15) is 0 Å². The van der Waals surface area contributed by atoms with E-state index < -0.39 is 5.97 Å². The summed E-state index contributed by atoms with van der Waals surface area (Å²) in [5.41, 5.74) is 3.53. The maximum atomic E-state index is 11.5. The van der Waals surface area contributed by atoms with E-state index in [9.17, 15) is 9.90 Å². The van der Waals surface area contributed by atoms with E-state index in [1.54, 1.807) is 6.07 Å². The van der Waals surface area contributed by atoms with Gasteiger partial charge in [-0.15, -0.1) is 0 Å². The first kappa shape index (κ1) is 25.8. The van der Waals surface area contributed by atoms with Crippen molar-refractivity contribution < 1.29 is 19.4 Å². The van der Waals surface area contributed by atoms with Gasteiger partial charge in [0.15, 0.2) is 11.3 Å². The van der Waals surface area contributed by atoms with E-state index in [1.807, 2.05) is 42.5 Å². The van der Waals surface area contributed by atoms with Gasteiger partial charge in [-0.25, -0.2) is 19.7 Å². The molecule has 0 spiro atoms. The van der Waals surface area contributed by atoms with Crippen molar-refractivity contribution in [3.63, 3.8) is 0 Å². The van der Waals surface area contributed by atoms with Gasteiger partial charge in [0.1, 0.15) is 17.4 Å². The van der Waals surface area contributed by atoms with Crippen molar-refractivity contribution in [2.75, 3.05) is 6.61 Å². The molecule has 1 N–H and O–H groups in total. The molecule has 8 nitrogen and oxygen atoms in total. The molecule has 6 rings (SSSR count). The van der Waals surface area contributed by atoms with Crippen molar-refractivity contribution in [1.82, 2.24) is 19.5 Å². The molecule has 4 heterocycles. The van der Waals surface area contributed by atoms with E-state index in [0.29, 0.717) is 24.0 Å². The molecule has 4 aromatic rings. The smallest absolute Gasteiger partial charge is 0.354 e. The highest BCUT2D eigenvalue weighted by Gasteiger charge is 2.27. The van der Waals surface area contributed by atoms with Crippen LogP contribution in [0.5, 0.6) is 5.88 Å². The molecule has 1 saturated carbocycles. The zero-order valence-electron chi connectivity index (χ0n) is 21.6. The predicted octanol–water partition coefficient (Wildman–Crippen LogP) is 5.74. The Bertz CT molecular complexity index is 1460. The molecule has 3 aromatic heterocycles. The van der Waals surface area contributed by atoms with Crippen LogP contribution < -0.4 is 4.74 Å². The van der Waals surface area contributed by atoms with Crippen molar-refractivity contribution in [3.05, 3.63) is 82.4 Å².